The third kappa shape index (κ3) is 3.28. The van der Waals surface area contributed by atoms with Gasteiger partial charge in [-0.2, -0.15) is 0 Å². The molecule has 0 saturated heterocycles. The monoisotopic (exact) mass is 320 g/mol. The van der Waals surface area contributed by atoms with Gasteiger partial charge in [0.2, 0.25) is 0 Å². The van der Waals surface area contributed by atoms with Crippen molar-refractivity contribution in [1.82, 2.24) is 4.98 Å². The molecule has 0 aliphatic rings. The molecule has 0 aliphatic heterocycles. The average Bonchev–Trinajstić information content (AvgIpc) is 2.96. The maximum Gasteiger partial charge on any atom is 0.150 e. The van der Waals surface area contributed by atoms with Gasteiger partial charge in [0.25, 0.3) is 0 Å². The first-order valence-corrected chi connectivity index (χ1v) is 7.26. The van der Waals surface area contributed by atoms with Gasteiger partial charge in [-0.1, -0.05) is 0 Å². The van der Waals surface area contributed by atoms with Crippen LogP contribution in [0.2, 0.25) is 0 Å². The molecular formula is C16H11F3N2S. The fourth-order valence-electron chi connectivity index (χ4n) is 1.92. The first-order valence-electron chi connectivity index (χ1n) is 6.44. The molecule has 22 heavy (non-hydrogen) atoms. The zero-order valence-corrected chi connectivity index (χ0v) is 12.1. The van der Waals surface area contributed by atoms with E-state index < -0.39 is 11.6 Å². The largest absolute Gasteiger partial charge is 0.360 e. The van der Waals surface area contributed by atoms with Gasteiger partial charge in [-0.05, 0) is 60.0 Å². The highest BCUT2D eigenvalue weighted by Gasteiger charge is 2.06. The zero-order chi connectivity index (χ0) is 15.5. The van der Waals surface area contributed by atoms with E-state index in [1.54, 1.807) is 18.3 Å². The van der Waals surface area contributed by atoms with Crippen LogP contribution in [0, 0.1) is 17.5 Å². The predicted octanol–water partition coefficient (Wildman–Crippen LogP) is 5.22. The number of hydrogen-bond acceptors (Lipinski definition) is 2. The normalized spacial score (nSPS) is 10.7. The summed E-state index contributed by atoms with van der Waals surface area (Å²) < 4.78 is 42.0. The first kappa shape index (κ1) is 14.6. The van der Waals surface area contributed by atoms with Gasteiger partial charge < -0.3 is 9.71 Å². The summed E-state index contributed by atoms with van der Waals surface area (Å²) in [6.45, 7) is 0. The van der Waals surface area contributed by atoms with E-state index in [4.69, 9.17) is 0 Å². The minimum Gasteiger partial charge on any atom is -0.360 e. The molecule has 0 radical (unpaired) electrons. The molecule has 6 heteroatoms. The molecule has 2 nitrogen and oxygen atoms in total. The van der Waals surface area contributed by atoms with Crippen LogP contribution in [0.4, 0.5) is 18.9 Å². The van der Waals surface area contributed by atoms with Gasteiger partial charge in [0.05, 0.1) is 5.69 Å². The Morgan fingerprint density at radius 2 is 1.59 bits per heavy atom. The van der Waals surface area contributed by atoms with Gasteiger partial charge >= 0.3 is 0 Å². The van der Waals surface area contributed by atoms with Crippen LogP contribution in [0.25, 0.3) is 11.3 Å². The fraction of sp³-hybridized carbons (Fsp3) is 0. The van der Waals surface area contributed by atoms with Crippen LogP contribution in [0.1, 0.15) is 0 Å². The highest BCUT2D eigenvalue weighted by molar-refractivity contribution is 8.00. The quantitative estimate of drug-likeness (QED) is 0.645. The summed E-state index contributed by atoms with van der Waals surface area (Å²) in [5, 5.41) is 0. The van der Waals surface area contributed by atoms with Gasteiger partial charge in [0.1, 0.15) is 17.5 Å². The molecule has 2 aromatic carbocycles. The summed E-state index contributed by atoms with van der Waals surface area (Å²) in [4.78, 5) is 3.89. The van der Waals surface area contributed by atoms with Crippen LogP contribution >= 0.6 is 11.9 Å². The van der Waals surface area contributed by atoms with Crippen LogP contribution in [-0.4, -0.2) is 4.98 Å². The lowest BCUT2D eigenvalue weighted by atomic mass is 10.1. The number of H-pyrrole nitrogens is 1. The second-order valence-corrected chi connectivity index (χ2v) is 5.46. The van der Waals surface area contributed by atoms with Crippen molar-refractivity contribution >= 4 is 17.6 Å². The van der Waals surface area contributed by atoms with E-state index in [0.29, 0.717) is 0 Å². The molecule has 112 valence electrons. The van der Waals surface area contributed by atoms with E-state index >= 15 is 0 Å². The molecular weight excluding hydrogens is 309 g/mol. The van der Waals surface area contributed by atoms with E-state index in [0.717, 1.165) is 22.2 Å². The molecule has 3 rings (SSSR count). The summed E-state index contributed by atoms with van der Waals surface area (Å²) in [6, 6.07) is 11.3. The SMILES string of the molecule is Fc1ccc(-c2cc(SNc3ccc(F)cc3F)c[nH]2)cc1. The minimum atomic E-state index is -0.651. The summed E-state index contributed by atoms with van der Waals surface area (Å²) in [5.41, 5.74) is 1.88. The average molecular weight is 320 g/mol. The number of halogens is 3. The number of aromatic amines is 1. The highest BCUT2D eigenvalue weighted by atomic mass is 32.2. The molecule has 3 aromatic rings. The molecule has 0 bridgehead atoms. The number of rotatable bonds is 4. The number of aromatic nitrogens is 1. The predicted molar refractivity (Wildman–Crippen MR) is 82.0 cm³/mol. The van der Waals surface area contributed by atoms with Crippen molar-refractivity contribution in [1.29, 1.82) is 0 Å². The van der Waals surface area contributed by atoms with Crippen molar-refractivity contribution in [2.75, 3.05) is 4.72 Å². The smallest absolute Gasteiger partial charge is 0.150 e. The molecule has 0 saturated carbocycles. The van der Waals surface area contributed by atoms with Crippen molar-refractivity contribution in [2.24, 2.45) is 0 Å². The third-order valence-corrected chi connectivity index (χ3v) is 3.82. The Labute approximate surface area is 129 Å². The van der Waals surface area contributed by atoms with Gasteiger partial charge in [0, 0.05) is 22.9 Å². The maximum absolute atomic E-state index is 13.5. The standard InChI is InChI=1S/C16H11F3N2S/c17-11-3-1-10(2-4-11)16-8-13(9-20-16)22-21-15-6-5-12(18)7-14(15)19/h1-9,20-21H. The Morgan fingerprint density at radius 3 is 2.32 bits per heavy atom. The van der Waals surface area contributed by atoms with Crippen molar-refractivity contribution in [3.63, 3.8) is 0 Å². The minimum absolute atomic E-state index is 0.205. The van der Waals surface area contributed by atoms with E-state index in [1.807, 2.05) is 6.07 Å². The Kier molecular flexibility index (Phi) is 4.11. The lowest BCUT2D eigenvalue weighted by Gasteiger charge is -2.04. The van der Waals surface area contributed by atoms with Crippen LogP contribution in [-0.2, 0) is 0 Å². The van der Waals surface area contributed by atoms with Gasteiger partial charge in [0.15, 0.2) is 0 Å². The summed E-state index contributed by atoms with van der Waals surface area (Å²) in [5.74, 6) is -1.56. The molecule has 0 aliphatic carbocycles. The topological polar surface area (TPSA) is 27.8 Å². The number of benzene rings is 2. The molecule has 0 atom stereocenters. The van der Waals surface area contributed by atoms with E-state index in [-0.39, 0.29) is 11.5 Å². The Morgan fingerprint density at radius 1 is 0.864 bits per heavy atom. The van der Waals surface area contributed by atoms with E-state index in [9.17, 15) is 13.2 Å². The molecule has 0 spiro atoms. The van der Waals surface area contributed by atoms with E-state index in [1.165, 1.54) is 36.2 Å². The second-order valence-electron chi connectivity index (χ2n) is 4.58. The first-order chi connectivity index (χ1) is 10.6. The zero-order valence-electron chi connectivity index (χ0n) is 11.2. The van der Waals surface area contributed by atoms with Gasteiger partial charge in [-0.3, -0.25) is 0 Å². The maximum atomic E-state index is 13.5. The highest BCUT2D eigenvalue weighted by Crippen LogP contribution is 2.27. The van der Waals surface area contributed by atoms with Crippen LogP contribution < -0.4 is 4.72 Å². The lowest BCUT2D eigenvalue weighted by Crippen LogP contribution is -1.91. The fourth-order valence-corrected chi connectivity index (χ4v) is 2.60. The molecule has 0 unspecified atom stereocenters. The number of anilines is 1. The Bertz CT molecular complexity index is 784. The van der Waals surface area contributed by atoms with Crippen LogP contribution in [0.3, 0.4) is 0 Å². The molecule has 1 aromatic heterocycles. The summed E-state index contributed by atoms with van der Waals surface area (Å²) >= 11 is 1.19. The Hall–Kier alpha value is -2.34. The van der Waals surface area contributed by atoms with E-state index in [2.05, 4.69) is 9.71 Å². The molecule has 0 amide bonds. The van der Waals surface area contributed by atoms with Crippen molar-refractivity contribution in [3.05, 3.63) is 72.2 Å². The van der Waals surface area contributed by atoms with Crippen molar-refractivity contribution in [3.8, 4) is 11.3 Å². The molecule has 1 heterocycles. The van der Waals surface area contributed by atoms with Crippen LogP contribution in [0.15, 0.2) is 59.6 Å². The summed E-state index contributed by atoms with van der Waals surface area (Å²) in [7, 11) is 0. The molecule has 2 N–H and O–H groups in total. The van der Waals surface area contributed by atoms with Crippen molar-refractivity contribution in [2.45, 2.75) is 4.90 Å². The van der Waals surface area contributed by atoms with Gasteiger partial charge in [-0.15, -0.1) is 0 Å². The van der Waals surface area contributed by atoms with Crippen molar-refractivity contribution < 1.29 is 13.2 Å². The molecule has 0 fully saturated rings. The third-order valence-electron chi connectivity index (χ3n) is 3.02. The summed E-state index contributed by atoms with van der Waals surface area (Å²) in [6.07, 6.45) is 1.75. The Balaban J connectivity index is 1.70. The van der Waals surface area contributed by atoms with Crippen LogP contribution in [0.5, 0.6) is 0 Å². The lowest BCUT2D eigenvalue weighted by molar-refractivity contribution is 0.586. The number of nitrogens with one attached hydrogen (secondary N) is 2. The second kappa shape index (κ2) is 6.19. The number of hydrogen-bond donors (Lipinski definition) is 2. The van der Waals surface area contributed by atoms with Gasteiger partial charge in [-0.25, -0.2) is 13.2 Å².